The first-order valence-electron chi connectivity index (χ1n) is 8.63. The van der Waals surface area contributed by atoms with E-state index in [2.05, 4.69) is 25.7 Å². The zero-order chi connectivity index (χ0) is 17.1. The molecule has 1 atom stereocenters. The lowest BCUT2D eigenvalue weighted by molar-refractivity contribution is 0.103. The van der Waals surface area contributed by atoms with E-state index in [1.165, 1.54) is 0 Å². The van der Waals surface area contributed by atoms with Gasteiger partial charge in [-0.25, -0.2) is 0 Å². The zero-order valence-electron chi connectivity index (χ0n) is 14.6. The second kappa shape index (κ2) is 7.00. The molecule has 2 aromatic carbocycles. The molecule has 0 aromatic heterocycles. The number of rotatable bonds is 5. The maximum atomic E-state index is 13.0. The van der Waals surface area contributed by atoms with Crippen molar-refractivity contribution in [1.29, 1.82) is 0 Å². The minimum Gasteiger partial charge on any atom is -0.355 e. The second-order valence-corrected chi connectivity index (χ2v) is 6.54. The van der Waals surface area contributed by atoms with Gasteiger partial charge in [-0.15, -0.1) is 0 Å². The number of amidine groups is 1. The fourth-order valence-electron chi connectivity index (χ4n) is 3.09. The lowest BCUT2D eigenvalue weighted by Crippen LogP contribution is -2.31. The number of benzene rings is 2. The van der Waals surface area contributed by atoms with Crippen LogP contribution >= 0.6 is 0 Å². The van der Waals surface area contributed by atoms with E-state index >= 15 is 0 Å². The molecular formula is C21H24N2O. The molecule has 0 amide bonds. The lowest BCUT2D eigenvalue weighted by atomic mass is 9.97. The van der Waals surface area contributed by atoms with Crippen LogP contribution in [0.25, 0.3) is 0 Å². The van der Waals surface area contributed by atoms with Gasteiger partial charge in [0.25, 0.3) is 0 Å². The summed E-state index contributed by atoms with van der Waals surface area (Å²) in [6.07, 6.45) is 0. The quantitative estimate of drug-likeness (QED) is 0.779. The Hall–Kier alpha value is -2.42. The van der Waals surface area contributed by atoms with Crippen LogP contribution in [0.15, 0.2) is 59.6 Å². The molecule has 0 bridgehead atoms. The van der Waals surface area contributed by atoms with Crippen LogP contribution in [0.1, 0.15) is 42.3 Å². The summed E-state index contributed by atoms with van der Waals surface area (Å²) in [5, 5.41) is 0. The van der Waals surface area contributed by atoms with Crippen molar-refractivity contribution in [2.75, 3.05) is 13.1 Å². The van der Waals surface area contributed by atoms with Gasteiger partial charge in [0.1, 0.15) is 5.84 Å². The molecule has 24 heavy (non-hydrogen) atoms. The Bertz CT molecular complexity index is 749. The monoisotopic (exact) mass is 320 g/mol. The van der Waals surface area contributed by atoms with Crippen LogP contribution in [0.5, 0.6) is 0 Å². The Morgan fingerprint density at radius 3 is 2.46 bits per heavy atom. The highest BCUT2D eigenvalue weighted by Crippen LogP contribution is 2.24. The smallest absolute Gasteiger partial charge is 0.193 e. The fourth-order valence-corrected chi connectivity index (χ4v) is 3.09. The molecule has 1 aliphatic heterocycles. The SMILES string of the molecule is CCN1CC(C(C)C)N=C1c1ccccc1C(=O)c1ccccc1. The third-order valence-electron chi connectivity index (χ3n) is 4.59. The molecule has 3 heteroatoms. The van der Waals surface area contributed by atoms with Crippen LogP contribution in [-0.4, -0.2) is 35.7 Å². The zero-order valence-corrected chi connectivity index (χ0v) is 14.6. The standard InChI is InChI=1S/C21H24N2O/c1-4-23-14-19(15(2)3)22-21(23)18-13-9-8-12-17(18)20(24)16-10-6-5-7-11-16/h5-13,15,19H,4,14H2,1-3H3. The van der Waals surface area contributed by atoms with Crippen LogP contribution in [0, 0.1) is 5.92 Å². The topological polar surface area (TPSA) is 32.7 Å². The minimum absolute atomic E-state index is 0.0537. The molecule has 0 aliphatic carbocycles. The summed E-state index contributed by atoms with van der Waals surface area (Å²) in [6.45, 7) is 8.37. The molecule has 3 nitrogen and oxygen atoms in total. The lowest BCUT2D eigenvalue weighted by Gasteiger charge is -2.21. The van der Waals surface area contributed by atoms with Crippen molar-refractivity contribution in [3.8, 4) is 0 Å². The van der Waals surface area contributed by atoms with Crippen LogP contribution in [-0.2, 0) is 0 Å². The van der Waals surface area contributed by atoms with Gasteiger partial charge in [-0.2, -0.15) is 0 Å². The maximum Gasteiger partial charge on any atom is 0.193 e. The first kappa shape index (κ1) is 16.4. The molecule has 0 N–H and O–H groups in total. The van der Waals surface area contributed by atoms with E-state index in [0.717, 1.165) is 30.1 Å². The molecule has 0 spiro atoms. The second-order valence-electron chi connectivity index (χ2n) is 6.54. The van der Waals surface area contributed by atoms with E-state index < -0.39 is 0 Å². The third-order valence-corrected chi connectivity index (χ3v) is 4.59. The Morgan fingerprint density at radius 1 is 1.12 bits per heavy atom. The van der Waals surface area contributed by atoms with E-state index in [-0.39, 0.29) is 5.78 Å². The summed E-state index contributed by atoms with van der Waals surface area (Å²) in [7, 11) is 0. The largest absolute Gasteiger partial charge is 0.355 e. The van der Waals surface area contributed by atoms with Crippen LogP contribution < -0.4 is 0 Å². The highest BCUT2D eigenvalue weighted by molar-refractivity contribution is 6.16. The number of likely N-dealkylation sites (N-methyl/N-ethyl adjacent to an activating group) is 1. The summed E-state index contributed by atoms with van der Waals surface area (Å²) in [6, 6.07) is 17.6. The Labute approximate surface area is 144 Å². The number of ketones is 1. The van der Waals surface area contributed by atoms with Crippen molar-refractivity contribution in [3.05, 3.63) is 71.3 Å². The highest BCUT2D eigenvalue weighted by Gasteiger charge is 2.29. The molecule has 0 saturated carbocycles. The van der Waals surface area contributed by atoms with Crippen molar-refractivity contribution in [2.24, 2.45) is 10.9 Å². The number of nitrogens with zero attached hydrogens (tertiary/aromatic N) is 2. The van der Waals surface area contributed by atoms with Gasteiger partial charge >= 0.3 is 0 Å². The van der Waals surface area contributed by atoms with Gasteiger partial charge in [0.15, 0.2) is 5.78 Å². The molecule has 0 fully saturated rings. The van der Waals surface area contributed by atoms with Crippen LogP contribution in [0.3, 0.4) is 0 Å². The van der Waals surface area contributed by atoms with Crippen molar-refractivity contribution in [1.82, 2.24) is 4.90 Å². The highest BCUT2D eigenvalue weighted by atomic mass is 16.1. The van der Waals surface area contributed by atoms with Gasteiger partial charge in [-0.3, -0.25) is 9.79 Å². The molecule has 0 radical (unpaired) electrons. The molecule has 124 valence electrons. The summed E-state index contributed by atoms with van der Waals surface area (Å²) in [4.78, 5) is 20.2. The number of hydrogen-bond donors (Lipinski definition) is 0. The van der Waals surface area contributed by atoms with E-state index in [4.69, 9.17) is 4.99 Å². The van der Waals surface area contributed by atoms with Gasteiger partial charge < -0.3 is 4.90 Å². The third kappa shape index (κ3) is 3.12. The predicted molar refractivity (Wildman–Crippen MR) is 98.7 cm³/mol. The van der Waals surface area contributed by atoms with Crippen molar-refractivity contribution < 1.29 is 4.79 Å². The van der Waals surface area contributed by atoms with Gasteiger partial charge in [-0.05, 0) is 12.8 Å². The Morgan fingerprint density at radius 2 is 1.79 bits per heavy atom. The van der Waals surface area contributed by atoms with Gasteiger partial charge in [-0.1, -0.05) is 68.4 Å². The Balaban J connectivity index is 2.03. The molecule has 1 aliphatic rings. The number of carbonyl (C=O) groups excluding carboxylic acids is 1. The first-order chi connectivity index (χ1) is 11.6. The van der Waals surface area contributed by atoms with Crippen molar-refractivity contribution in [2.45, 2.75) is 26.8 Å². The number of aliphatic imine (C=N–C) groups is 1. The maximum absolute atomic E-state index is 13.0. The molecule has 0 saturated heterocycles. The van der Waals surface area contributed by atoms with Crippen LogP contribution in [0.4, 0.5) is 0 Å². The summed E-state index contributed by atoms with van der Waals surface area (Å²) < 4.78 is 0. The Kier molecular flexibility index (Phi) is 4.79. The molecule has 1 heterocycles. The van der Waals surface area contributed by atoms with Gasteiger partial charge in [0, 0.05) is 29.8 Å². The fraction of sp³-hybridized carbons (Fsp3) is 0.333. The first-order valence-corrected chi connectivity index (χ1v) is 8.63. The van der Waals surface area contributed by atoms with Gasteiger partial charge in [0.2, 0.25) is 0 Å². The minimum atomic E-state index is 0.0537. The average Bonchev–Trinajstić information content (AvgIpc) is 3.06. The molecular weight excluding hydrogens is 296 g/mol. The van der Waals surface area contributed by atoms with Gasteiger partial charge in [0.05, 0.1) is 6.04 Å². The number of hydrogen-bond acceptors (Lipinski definition) is 3. The molecule has 3 rings (SSSR count). The summed E-state index contributed by atoms with van der Waals surface area (Å²) in [5.41, 5.74) is 2.38. The predicted octanol–water partition coefficient (Wildman–Crippen LogP) is 4.02. The average molecular weight is 320 g/mol. The van der Waals surface area contributed by atoms with Crippen LogP contribution in [0.2, 0.25) is 0 Å². The van der Waals surface area contributed by atoms with E-state index in [9.17, 15) is 4.79 Å². The summed E-state index contributed by atoms with van der Waals surface area (Å²) >= 11 is 0. The van der Waals surface area contributed by atoms with Crippen molar-refractivity contribution >= 4 is 11.6 Å². The van der Waals surface area contributed by atoms with Crippen molar-refractivity contribution in [3.63, 3.8) is 0 Å². The molecule has 1 unspecified atom stereocenters. The normalized spacial score (nSPS) is 17.2. The number of carbonyl (C=O) groups is 1. The van der Waals surface area contributed by atoms with E-state index in [1.807, 2.05) is 54.6 Å². The summed E-state index contributed by atoms with van der Waals surface area (Å²) in [5.74, 6) is 1.50. The van der Waals surface area contributed by atoms with E-state index in [1.54, 1.807) is 0 Å². The molecule has 2 aromatic rings. The van der Waals surface area contributed by atoms with E-state index in [0.29, 0.717) is 17.5 Å².